The van der Waals surface area contributed by atoms with E-state index in [4.69, 9.17) is 11.6 Å². The lowest BCUT2D eigenvalue weighted by atomic mass is 10.1. The predicted molar refractivity (Wildman–Crippen MR) is 76.8 cm³/mol. The van der Waals surface area contributed by atoms with E-state index in [1.54, 1.807) is 0 Å². The van der Waals surface area contributed by atoms with E-state index in [-0.39, 0.29) is 0 Å². The van der Waals surface area contributed by atoms with Crippen molar-refractivity contribution in [1.82, 2.24) is 4.90 Å². The Kier molecular flexibility index (Phi) is 7.18. The summed E-state index contributed by atoms with van der Waals surface area (Å²) in [6, 6.07) is 0. The van der Waals surface area contributed by atoms with E-state index in [0.29, 0.717) is 4.75 Å². The van der Waals surface area contributed by atoms with Crippen LogP contribution >= 0.6 is 23.4 Å². The molecule has 0 aromatic rings. The second-order valence-electron chi connectivity index (χ2n) is 5.30. The van der Waals surface area contributed by atoms with E-state index in [1.807, 2.05) is 0 Å². The van der Waals surface area contributed by atoms with Gasteiger partial charge in [-0.2, -0.15) is 11.8 Å². The lowest BCUT2D eigenvalue weighted by Gasteiger charge is -2.22. The molecular weight excluding hydrogens is 238 g/mol. The third kappa shape index (κ3) is 6.36. The second kappa shape index (κ2) is 7.84. The zero-order valence-corrected chi connectivity index (χ0v) is 12.4. The molecule has 0 atom stereocenters. The molecule has 1 aliphatic heterocycles. The Morgan fingerprint density at radius 2 is 1.88 bits per heavy atom. The van der Waals surface area contributed by atoms with Crippen molar-refractivity contribution < 1.29 is 0 Å². The largest absolute Gasteiger partial charge is 0.302 e. The monoisotopic (exact) mass is 263 g/mol. The molecule has 1 rings (SSSR count). The molecule has 0 bridgehead atoms. The number of hydrogen-bond acceptors (Lipinski definition) is 2. The lowest BCUT2D eigenvalue weighted by Crippen LogP contribution is -2.28. The van der Waals surface area contributed by atoms with Crippen LogP contribution in [0.25, 0.3) is 0 Å². The van der Waals surface area contributed by atoms with Gasteiger partial charge in [0, 0.05) is 22.9 Å². The highest BCUT2D eigenvalue weighted by atomic mass is 35.5. The van der Waals surface area contributed by atoms with Crippen molar-refractivity contribution in [3.8, 4) is 0 Å². The Morgan fingerprint density at radius 1 is 1.12 bits per heavy atom. The average Bonchev–Trinajstić information content (AvgIpc) is 2.40. The van der Waals surface area contributed by atoms with Crippen molar-refractivity contribution in [1.29, 1.82) is 0 Å². The first kappa shape index (κ1) is 14.7. The molecule has 0 N–H and O–H groups in total. The fourth-order valence-corrected chi connectivity index (χ4v) is 3.40. The number of thioether (sulfide) groups is 1. The van der Waals surface area contributed by atoms with Crippen molar-refractivity contribution in [2.45, 2.75) is 50.7 Å². The summed E-state index contributed by atoms with van der Waals surface area (Å²) in [6.07, 6.45) is 6.52. The first-order valence-corrected chi connectivity index (χ1v) is 8.08. The second-order valence-corrected chi connectivity index (χ2v) is 7.48. The van der Waals surface area contributed by atoms with E-state index in [0.717, 1.165) is 5.88 Å². The molecule has 1 saturated heterocycles. The fraction of sp³-hybridized carbons (Fsp3) is 1.00. The van der Waals surface area contributed by atoms with Crippen molar-refractivity contribution in [2.24, 2.45) is 0 Å². The molecule has 3 heteroatoms. The summed E-state index contributed by atoms with van der Waals surface area (Å²) in [4.78, 5) is 2.64. The van der Waals surface area contributed by atoms with Crippen molar-refractivity contribution in [3.63, 3.8) is 0 Å². The van der Waals surface area contributed by atoms with Crippen LogP contribution in [0.1, 0.15) is 46.0 Å². The predicted octanol–water partition coefficient (Wildman–Crippen LogP) is 4.00. The minimum absolute atomic E-state index is 0.493. The van der Waals surface area contributed by atoms with Gasteiger partial charge in [0.1, 0.15) is 0 Å². The van der Waals surface area contributed by atoms with Gasteiger partial charge in [-0.3, -0.25) is 0 Å². The van der Waals surface area contributed by atoms with Crippen molar-refractivity contribution in [3.05, 3.63) is 0 Å². The Morgan fingerprint density at radius 3 is 2.62 bits per heavy atom. The van der Waals surface area contributed by atoms with Crippen LogP contribution in [0.3, 0.4) is 0 Å². The third-order valence-electron chi connectivity index (χ3n) is 3.29. The van der Waals surface area contributed by atoms with Crippen LogP contribution in [0.2, 0.25) is 0 Å². The minimum Gasteiger partial charge on any atom is -0.302 e. The van der Waals surface area contributed by atoms with Gasteiger partial charge in [0.05, 0.1) is 0 Å². The highest BCUT2D eigenvalue weighted by molar-refractivity contribution is 8.00. The van der Waals surface area contributed by atoms with Crippen LogP contribution in [0.5, 0.6) is 0 Å². The summed E-state index contributed by atoms with van der Waals surface area (Å²) >= 11 is 7.80. The van der Waals surface area contributed by atoms with Gasteiger partial charge in [0.25, 0.3) is 0 Å². The number of nitrogens with zero attached hydrogens (tertiary/aromatic N) is 1. The number of hydrogen-bond donors (Lipinski definition) is 0. The van der Waals surface area contributed by atoms with E-state index in [9.17, 15) is 0 Å². The third-order valence-corrected chi connectivity index (χ3v) is 4.93. The van der Waals surface area contributed by atoms with Gasteiger partial charge in [-0.25, -0.2) is 0 Å². The van der Waals surface area contributed by atoms with Crippen LogP contribution in [0, 0.1) is 0 Å². The number of alkyl halides is 1. The summed E-state index contributed by atoms with van der Waals surface area (Å²) in [5.74, 6) is 2.13. The van der Waals surface area contributed by atoms with Crippen molar-refractivity contribution in [2.75, 3.05) is 31.3 Å². The Labute approximate surface area is 110 Å². The normalized spacial score (nSPS) is 21.9. The molecular formula is C13H26ClNS. The van der Waals surface area contributed by atoms with Gasteiger partial charge in [-0.1, -0.05) is 26.7 Å². The van der Waals surface area contributed by atoms with Crippen LogP contribution in [0.4, 0.5) is 0 Å². The maximum Gasteiger partial charge on any atom is 0.0223 e. The minimum atomic E-state index is 0.493. The van der Waals surface area contributed by atoms with Gasteiger partial charge in [0.2, 0.25) is 0 Å². The zero-order valence-electron chi connectivity index (χ0n) is 10.8. The molecule has 0 spiro atoms. The van der Waals surface area contributed by atoms with Crippen molar-refractivity contribution >= 4 is 23.4 Å². The van der Waals surface area contributed by atoms with Gasteiger partial charge in [-0.05, 0) is 32.4 Å². The van der Waals surface area contributed by atoms with E-state index < -0.39 is 0 Å². The van der Waals surface area contributed by atoms with E-state index in [1.165, 1.54) is 57.5 Å². The first-order valence-electron chi connectivity index (χ1n) is 6.56. The maximum absolute atomic E-state index is 5.67. The summed E-state index contributed by atoms with van der Waals surface area (Å²) in [6.45, 7) is 8.61. The molecule has 16 heavy (non-hydrogen) atoms. The summed E-state index contributed by atoms with van der Waals surface area (Å²) in [7, 11) is 0. The standard InChI is InChI=1S/C13H26ClNS/c1-13(2)7-10-15(11-12-16-13)9-6-4-3-5-8-14/h3-12H2,1-2H3. The van der Waals surface area contributed by atoms with Crippen LogP contribution in [-0.2, 0) is 0 Å². The molecule has 0 saturated carbocycles. The first-order chi connectivity index (χ1) is 7.64. The Bertz CT molecular complexity index is 185. The smallest absolute Gasteiger partial charge is 0.0223 e. The SMILES string of the molecule is CC1(C)CCN(CCCCCCCl)CCS1. The van der Waals surface area contributed by atoms with E-state index in [2.05, 4.69) is 30.5 Å². The fourth-order valence-electron chi connectivity index (χ4n) is 2.07. The summed E-state index contributed by atoms with van der Waals surface area (Å²) in [5.41, 5.74) is 0. The molecule has 0 aromatic heterocycles. The summed E-state index contributed by atoms with van der Waals surface area (Å²) in [5, 5.41) is 0. The quantitative estimate of drug-likeness (QED) is 0.526. The van der Waals surface area contributed by atoms with Crippen LogP contribution in [0.15, 0.2) is 0 Å². The molecule has 1 fully saturated rings. The van der Waals surface area contributed by atoms with Gasteiger partial charge in [0.15, 0.2) is 0 Å². The van der Waals surface area contributed by atoms with Gasteiger partial charge in [-0.15, -0.1) is 11.6 Å². The van der Waals surface area contributed by atoms with Crippen LogP contribution in [-0.4, -0.2) is 40.9 Å². The number of halogens is 1. The molecule has 1 heterocycles. The Hall–Kier alpha value is 0.600. The molecule has 1 nitrogen and oxygen atoms in total. The molecule has 96 valence electrons. The molecule has 0 amide bonds. The maximum atomic E-state index is 5.67. The van der Waals surface area contributed by atoms with Gasteiger partial charge >= 0.3 is 0 Å². The lowest BCUT2D eigenvalue weighted by molar-refractivity contribution is 0.277. The Balaban J connectivity index is 2.08. The topological polar surface area (TPSA) is 3.24 Å². The zero-order chi connectivity index (χ0) is 11.9. The average molecular weight is 264 g/mol. The molecule has 0 aromatic carbocycles. The number of unbranched alkanes of at least 4 members (excludes halogenated alkanes) is 3. The van der Waals surface area contributed by atoms with Gasteiger partial charge < -0.3 is 4.90 Å². The molecule has 1 aliphatic rings. The highest BCUT2D eigenvalue weighted by Gasteiger charge is 2.23. The van der Waals surface area contributed by atoms with E-state index >= 15 is 0 Å². The summed E-state index contributed by atoms with van der Waals surface area (Å²) < 4.78 is 0.493. The molecule has 0 radical (unpaired) electrons. The molecule has 0 unspecified atom stereocenters. The number of rotatable bonds is 6. The van der Waals surface area contributed by atoms with Crippen LogP contribution < -0.4 is 0 Å². The highest BCUT2D eigenvalue weighted by Crippen LogP contribution is 2.30. The molecule has 0 aliphatic carbocycles.